The van der Waals surface area contributed by atoms with E-state index in [1.54, 1.807) is 0 Å². The van der Waals surface area contributed by atoms with Crippen molar-refractivity contribution in [1.82, 2.24) is 0 Å². The molecule has 0 heterocycles. The van der Waals surface area contributed by atoms with Crippen molar-refractivity contribution in [2.75, 3.05) is 0 Å². The largest absolute Gasteiger partial charge is 0.388 e. The number of benzene rings is 1. The van der Waals surface area contributed by atoms with Crippen LogP contribution in [0, 0.1) is 0 Å². The van der Waals surface area contributed by atoms with Crippen molar-refractivity contribution in [2.45, 2.75) is 51.6 Å². The highest BCUT2D eigenvalue weighted by Gasteiger charge is 2.16. The van der Waals surface area contributed by atoms with Gasteiger partial charge in [-0.3, -0.25) is 0 Å². The molecule has 1 aliphatic carbocycles. The maximum atomic E-state index is 10.0. The molecule has 15 heavy (non-hydrogen) atoms. The predicted molar refractivity (Wildman–Crippen MR) is 63.0 cm³/mol. The number of aliphatic hydroxyl groups excluding tert-OH is 1. The third kappa shape index (κ3) is 2.40. The molecule has 1 nitrogen and oxygen atoms in total. The van der Waals surface area contributed by atoms with Crippen molar-refractivity contribution in [3.63, 3.8) is 0 Å². The van der Waals surface area contributed by atoms with Crippen LogP contribution in [0.1, 0.15) is 55.4 Å². The van der Waals surface area contributed by atoms with Gasteiger partial charge in [0, 0.05) is 0 Å². The predicted octanol–water partition coefficient (Wildman–Crippen LogP) is 3.40. The van der Waals surface area contributed by atoms with Crippen molar-refractivity contribution in [3.05, 3.63) is 34.9 Å². The van der Waals surface area contributed by atoms with Gasteiger partial charge in [0.1, 0.15) is 0 Å². The van der Waals surface area contributed by atoms with Crippen molar-refractivity contribution in [2.24, 2.45) is 0 Å². The molecule has 0 spiro atoms. The van der Waals surface area contributed by atoms with Gasteiger partial charge < -0.3 is 5.11 Å². The summed E-state index contributed by atoms with van der Waals surface area (Å²) in [7, 11) is 0. The summed E-state index contributed by atoms with van der Waals surface area (Å²) in [6.07, 6.45) is 6.52. The molecule has 0 bridgehead atoms. The van der Waals surface area contributed by atoms with E-state index in [1.165, 1.54) is 29.5 Å². The molecule has 0 unspecified atom stereocenters. The molecule has 2 rings (SSSR count). The first-order valence-corrected chi connectivity index (χ1v) is 6.11. The lowest BCUT2D eigenvalue weighted by Gasteiger charge is -2.13. The normalized spacial score (nSPS) is 20.8. The van der Waals surface area contributed by atoms with Crippen molar-refractivity contribution in [3.8, 4) is 0 Å². The summed E-state index contributed by atoms with van der Waals surface area (Å²) in [5.41, 5.74) is 3.93. The van der Waals surface area contributed by atoms with Crippen LogP contribution in [0.15, 0.2) is 18.2 Å². The fourth-order valence-electron chi connectivity index (χ4n) is 2.44. The molecule has 1 aromatic rings. The molecular formula is C14H20O. The van der Waals surface area contributed by atoms with E-state index in [0.29, 0.717) is 0 Å². The quantitative estimate of drug-likeness (QED) is 0.732. The van der Waals surface area contributed by atoms with E-state index in [1.807, 2.05) is 0 Å². The fourth-order valence-corrected chi connectivity index (χ4v) is 2.44. The van der Waals surface area contributed by atoms with Gasteiger partial charge in [0.15, 0.2) is 0 Å². The Morgan fingerprint density at radius 3 is 3.00 bits per heavy atom. The summed E-state index contributed by atoms with van der Waals surface area (Å²) >= 11 is 0. The van der Waals surface area contributed by atoms with Gasteiger partial charge in [-0.05, 0) is 42.4 Å². The van der Waals surface area contributed by atoms with E-state index in [2.05, 4.69) is 25.1 Å². The zero-order valence-corrected chi connectivity index (χ0v) is 9.50. The fraction of sp³-hybridized carbons (Fsp3) is 0.571. The number of rotatable bonds is 2. The Kier molecular flexibility index (Phi) is 3.42. The van der Waals surface area contributed by atoms with Crippen LogP contribution in [-0.2, 0) is 12.8 Å². The van der Waals surface area contributed by atoms with Gasteiger partial charge in [0.2, 0.25) is 0 Å². The first-order valence-electron chi connectivity index (χ1n) is 6.11. The van der Waals surface area contributed by atoms with Gasteiger partial charge in [-0.15, -0.1) is 0 Å². The summed E-state index contributed by atoms with van der Waals surface area (Å²) in [6.45, 7) is 2.20. The number of aliphatic hydroxyl groups is 1. The van der Waals surface area contributed by atoms with Crippen LogP contribution in [0.5, 0.6) is 0 Å². The van der Waals surface area contributed by atoms with E-state index in [4.69, 9.17) is 0 Å². The van der Waals surface area contributed by atoms with Gasteiger partial charge in [-0.2, -0.15) is 0 Å². The highest BCUT2D eigenvalue weighted by atomic mass is 16.3. The second-order valence-electron chi connectivity index (χ2n) is 4.54. The molecule has 0 aromatic heterocycles. The molecule has 0 saturated carbocycles. The van der Waals surface area contributed by atoms with E-state index in [-0.39, 0.29) is 6.10 Å². The number of hydrogen-bond acceptors (Lipinski definition) is 1. The van der Waals surface area contributed by atoms with E-state index in [0.717, 1.165) is 25.7 Å². The van der Waals surface area contributed by atoms with Crippen LogP contribution >= 0.6 is 0 Å². The van der Waals surface area contributed by atoms with Gasteiger partial charge in [-0.1, -0.05) is 38.0 Å². The van der Waals surface area contributed by atoms with Gasteiger partial charge in [0.05, 0.1) is 6.10 Å². The Labute approximate surface area is 92.1 Å². The van der Waals surface area contributed by atoms with Gasteiger partial charge in [-0.25, -0.2) is 0 Å². The zero-order chi connectivity index (χ0) is 10.7. The first kappa shape index (κ1) is 10.7. The van der Waals surface area contributed by atoms with Gasteiger partial charge >= 0.3 is 0 Å². The van der Waals surface area contributed by atoms with E-state index >= 15 is 0 Å². The van der Waals surface area contributed by atoms with Crippen molar-refractivity contribution >= 4 is 0 Å². The Hall–Kier alpha value is -0.820. The molecule has 0 radical (unpaired) electrons. The third-order valence-corrected chi connectivity index (χ3v) is 3.28. The Morgan fingerprint density at radius 1 is 1.33 bits per heavy atom. The second-order valence-corrected chi connectivity index (χ2v) is 4.54. The average Bonchev–Trinajstić information content (AvgIpc) is 2.42. The van der Waals surface area contributed by atoms with Crippen LogP contribution in [0.4, 0.5) is 0 Å². The zero-order valence-electron chi connectivity index (χ0n) is 9.50. The first-order chi connectivity index (χ1) is 7.31. The van der Waals surface area contributed by atoms with Crippen LogP contribution in [0.25, 0.3) is 0 Å². The van der Waals surface area contributed by atoms with Crippen LogP contribution in [0.3, 0.4) is 0 Å². The lowest BCUT2D eigenvalue weighted by atomic mass is 9.97. The van der Waals surface area contributed by atoms with Crippen molar-refractivity contribution < 1.29 is 5.11 Å². The topological polar surface area (TPSA) is 20.2 Å². The third-order valence-electron chi connectivity index (χ3n) is 3.28. The summed E-state index contributed by atoms with van der Waals surface area (Å²) in [5.74, 6) is 0. The monoisotopic (exact) mass is 204 g/mol. The maximum absolute atomic E-state index is 10.0. The molecule has 0 aliphatic heterocycles. The molecule has 1 heteroatoms. The molecule has 0 amide bonds. The van der Waals surface area contributed by atoms with E-state index < -0.39 is 0 Å². The molecular weight excluding hydrogens is 184 g/mol. The van der Waals surface area contributed by atoms with Crippen LogP contribution in [-0.4, -0.2) is 5.11 Å². The smallest absolute Gasteiger partial charge is 0.0792 e. The number of aryl methyl sites for hydroxylation is 2. The minimum absolute atomic E-state index is 0.223. The average molecular weight is 204 g/mol. The molecule has 1 atom stereocenters. The van der Waals surface area contributed by atoms with Crippen molar-refractivity contribution in [1.29, 1.82) is 0 Å². The summed E-state index contributed by atoms with van der Waals surface area (Å²) in [4.78, 5) is 0. The summed E-state index contributed by atoms with van der Waals surface area (Å²) < 4.78 is 0. The molecule has 82 valence electrons. The van der Waals surface area contributed by atoms with Crippen LogP contribution < -0.4 is 0 Å². The standard InChI is InChI=1S/C14H20O/c1-2-5-11-8-9-12-6-3-4-7-14(15)13(12)10-11/h8-10,14-15H,2-7H2,1H3/t14-/m1/s1. The summed E-state index contributed by atoms with van der Waals surface area (Å²) in [5, 5.41) is 10.0. The lowest BCUT2D eigenvalue weighted by molar-refractivity contribution is 0.166. The Bertz CT molecular complexity index is 330. The van der Waals surface area contributed by atoms with Gasteiger partial charge in [0.25, 0.3) is 0 Å². The Morgan fingerprint density at radius 2 is 2.20 bits per heavy atom. The molecule has 1 aliphatic rings. The SMILES string of the molecule is CCCc1ccc2c(c1)[C@H](O)CCCC2. The Balaban J connectivity index is 2.31. The van der Waals surface area contributed by atoms with E-state index in [9.17, 15) is 5.11 Å². The number of hydrogen-bond donors (Lipinski definition) is 1. The summed E-state index contributed by atoms with van der Waals surface area (Å²) in [6, 6.07) is 6.66. The maximum Gasteiger partial charge on any atom is 0.0792 e. The molecule has 0 saturated heterocycles. The molecule has 0 fully saturated rings. The number of fused-ring (bicyclic) bond motifs is 1. The van der Waals surface area contributed by atoms with Crippen LogP contribution in [0.2, 0.25) is 0 Å². The minimum Gasteiger partial charge on any atom is -0.388 e. The minimum atomic E-state index is -0.223. The molecule has 1 aromatic carbocycles. The molecule has 1 N–H and O–H groups in total. The lowest BCUT2D eigenvalue weighted by Crippen LogP contribution is -2.00. The second kappa shape index (κ2) is 4.80. The highest BCUT2D eigenvalue weighted by Crippen LogP contribution is 2.29. The highest BCUT2D eigenvalue weighted by molar-refractivity contribution is 5.34.